The fourth-order valence-electron chi connectivity index (χ4n) is 3.50. The number of hydrogen-bond acceptors (Lipinski definition) is 5. The number of piperidine rings is 1. The summed E-state index contributed by atoms with van der Waals surface area (Å²) in [7, 11) is 3.35. The van der Waals surface area contributed by atoms with Crippen LogP contribution in [0, 0.1) is 5.92 Å². The minimum atomic E-state index is -4.63. The van der Waals surface area contributed by atoms with Gasteiger partial charge in [0.2, 0.25) is 0 Å². The van der Waals surface area contributed by atoms with Crippen LogP contribution in [0.5, 0.6) is 5.75 Å². The van der Waals surface area contributed by atoms with Crippen molar-refractivity contribution in [2.45, 2.75) is 25.2 Å². The molecule has 0 bridgehead atoms. The van der Waals surface area contributed by atoms with Gasteiger partial charge in [-0.2, -0.15) is 31.4 Å². The maximum absolute atomic E-state index is 13.2. The molecule has 4 rings (SSSR count). The van der Waals surface area contributed by atoms with Crippen molar-refractivity contribution >= 4 is 11.9 Å². The quantitative estimate of drug-likeness (QED) is 0.378. The third kappa shape index (κ3) is 6.04. The van der Waals surface area contributed by atoms with E-state index in [1.165, 1.54) is 13.2 Å². The smallest absolute Gasteiger partial charge is 0.433 e. The Kier molecular flexibility index (Phi) is 7.49. The van der Waals surface area contributed by atoms with Crippen molar-refractivity contribution in [2.24, 2.45) is 5.92 Å². The number of carbonyl (C=O) groups is 1. The second-order valence-corrected chi connectivity index (χ2v) is 7.83. The average molecular weight is 488 g/mol. The number of rotatable bonds is 3. The van der Waals surface area contributed by atoms with Gasteiger partial charge in [0.05, 0.1) is 18.7 Å². The zero-order valence-electron chi connectivity index (χ0n) is 18.3. The molecule has 1 aliphatic rings. The molecule has 0 spiro atoms. The van der Waals surface area contributed by atoms with Gasteiger partial charge in [-0.05, 0) is 63.3 Å². The van der Waals surface area contributed by atoms with Crippen LogP contribution >= 0.6 is 0 Å². The number of benzene rings is 1. The Bertz CT molecular complexity index is 1120. The number of likely N-dealkylation sites (tertiary alicyclic amines) is 1. The van der Waals surface area contributed by atoms with Gasteiger partial charge in [-0.15, -0.1) is 0 Å². The minimum absolute atomic E-state index is 0.0484. The molecule has 0 N–H and O–H groups in total. The fraction of sp³-hybridized carbons (Fsp3) is 0.409. The van der Waals surface area contributed by atoms with E-state index in [0.717, 1.165) is 6.07 Å². The van der Waals surface area contributed by atoms with Crippen LogP contribution in [0.3, 0.4) is 0 Å². The van der Waals surface area contributed by atoms with Crippen LogP contribution < -0.4 is 4.74 Å². The Morgan fingerprint density at radius 1 is 1.03 bits per heavy atom. The average Bonchev–Trinajstić information content (AvgIpc) is 3.21. The molecule has 12 heteroatoms. The summed E-state index contributed by atoms with van der Waals surface area (Å²) in [5.74, 6) is -0.475. The molecule has 3 heterocycles. The summed E-state index contributed by atoms with van der Waals surface area (Å²) >= 11 is 0. The summed E-state index contributed by atoms with van der Waals surface area (Å²) in [6.07, 6.45) is -7.70. The van der Waals surface area contributed by atoms with E-state index in [4.69, 9.17) is 4.74 Å². The summed E-state index contributed by atoms with van der Waals surface area (Å²) in [6, 6.07) is 8.57. The Morgan fingerprint density at radius 2 is 1.65 bits per heavy atom. The predicted molar refractivity (Wildman–Crippen MR) is 112 cm³/mol. The number of hydrogen-bond donors (Lipinski definition) is 0. The highest BCUT2D eigenvalue weighted by molar-refractivity contribution is 5.75. The van der Waals surface area contributed by atoms with Crippen molar-refractivity contribution in [3.8, 4) is 17.0 Å². The number of fused-ring (bicyclic) bond motifs is 1. The molecule has 0 saturated carbocycles. The van der Waals surface area contributed by atoms with Crippen LogP contribution in [0.4, 0.5) is 26.3 Å². The molecular weight excluding hydrogens is 466 g/mol. The van der Waals surface area contributed by atoms with Crippen LogP contribution in [0.15, 0.2) is 36.4 Å². The summed E-state index contributed by atoms with van der Waals surface area (Å²) in [4.78, 5) is 16.8. The van der Waals surface area contributed by atoms with E-state index in [1.54, 1.807) is 24.3 Å². The topological polar surface area (TPSA) is 59.7 Å². The predicted octanol–water partition coefficient (Wildman–Crippen LogP) is 5.13. The second-order valence-electron chi connectivity index (χ2n) is 7.83. The van der Waals surface area contributed by atoms with Gasteiger partial charge in [0.25, 0.3) is 0 Å². The third-order valence-corrected chi connectivity index (χ3v) is 5.42. The summed E-state index contributed by atoms with van der Waals surface area (Å²) < 4.78 is 81.5. The molecule has 3 aromatic rings. The van der Waals surface area contributed by atoms with Gasteiger partial charge in [-0.25, -0.2) is 9.50 Å². The van der Waals surface area contributed by atoms with Crippen LogP contribution in [-0.2, 0) is 6.18 Å². The summed E-state index contributed by atoms with van der Waals surface area (Å²) in [5.41, 5.74) is -0.540. The van der Waals surface area contributed by atoms with Crippen LogP contribution in [0.1, 0.15) is 29.0 Å². The van der Waals surface area contributed by atoms with Crippen molar-refractivity contribution in [2.75, 3.05) is 27.2 Å². The van der Waals surface area contributed by atoms with Gasteiger partial charge in [0.15, 0.2) is 17.6 Å². The van der Waals surface area contributed by atoms with E-state index in [-0.39, 0.29) is 29.9 Å². The highest BCUT2D eigenvalue weighted by Crippen LogP contribution is 2.34. The first-order valence-electron chi connectivity index (χ1n) is 10.2. The first-order valence-corrected chi connectivity index (χ1v) is 10.2. The van der Waals surface area contributed by atoms with Crippen molar-refractivity contribution in [3.63, 3.8) is 0 Å². The SMILES string of the molecule is CN1CCC(C(F)(F)F)CC1.COc1ccc(-c2cc(C(F)(F)F)n3nc(C=O)cc3n2)cc1. The lowest BCUT2D eigenvalue weighted by Gasteiger charge is -2.30. The molecular formula is C22H22F6N4O2. The summed E-state index contributed by atoms with van der Waals surface area (Å²) in [5, 5.41) is 3.61. The van der Waals surface area contributed by atoms with Gasteiger partial charge in [0.1, 0.15) is 11.4 Å². The number of nitrogens with zero attached hydrogens (tertiary/aromatic N) is 4. The van der Waals surface area contributed by atoms with Crippen LogP contribution in [0.2, 0.25) is 0 Å². The fourth-order valence-corrected chi connectivity index (χ4v) is 3.50. The highest BCUT2D eigenvalue weighted by atomic mass is 19.4. The molecule has 1 aliphatic heterocycles. The van der Waals surface area contributed by atoms with Gasteiger partial charge >= 0.3 is 12.4 Å². The van der Waals surface area contributed by atoms with Gasteiger partial charge in [-0.1, -0.05) is 0 Å². The number of alkyl halides is 6. The summed E-state index contributed by atoms with van der Waals surface area (Å²) in [6.45, 7) is 1.15. The molecule has 1 saturated heterocycles. The van der Waals surface area contributed by atoms with E-state index in [2.05, 4.69) is 10.1 Å². The van der Waals surface area contributed by atoms with Gasteiger partial charge < -0.3 is 9.64 Å². The maximum Gasteiger partial charge on any atom is 0.433 e. The Morgan fingerprint density at radius 3 is 2.15 bits per heavy atom. The first-order chi connectivity index (χ1) is 15.9. The normalized spacial score (nSPS) is 15.6. The third-order valence-electron chi connectivity index (χ3n) is 5.42. The molecule has 1 fully saturated rings. The van der Waals surface area contributed by atoms with Crippen molar-refractivity contribution < 1.29 is 35.9 Å². The largest absolute Gasteiger partial charge is 0.497 e. The molecule has 0 aliphatic carbocycles. The van der Waals surface area contributed by atoms with Crippen molar-refractivity contribution in [3.05, 3.63) is 47.8 Å². The van der Waals surface area contributed by atoms with E-state index >= 15 is 0 Å². The molecule has 0 radical (unpaired) electrons. The van der Waals surface area contributed by atoms with Crippen molar-refractivity contribution in [1.29, 1.82) is 0 Å². The zero-order valence-corrected chi connectivity index (χ0v) is 18.3. The number of carbonyl (C=O) groups excluding carboxylic acids is 1. The Balaban J connectivity index is 0.000000248. The standard InChI is InChI=1S/C15H10F3N3O2.C7H12F3N/c1-23-11-4-2-9(3-5-11)12-7-13(15(16,17)18)21-14(19-12)6-10(8-22)20-21;1-11-4-2-6(3-5-11)7(8,9)10/h2-8H,1H3;6H,2-5H2,1H3. The maximum atomic E-state index is 13.2. The number of methoxy groups -OCH3 is 1. The lowest BCUT2D eigenvalue weighted by molar-refractivity contribution is -0.184. The highest BCUT2D eigenvalue weighted by Gasteiger charge is 2.40. The lowest BCUT2D eigenvalue weighted by atomic mass is 9.97. The molecule has 0 atom stereocenters. The molecule has 184 valence electrons. The number of aromatic nitrogens is 3. The lowest BCUT2D eigenvalue weighted by Crippen LogP contribution is -2.36. The first kappa shape index (κ1) is 25.5. The molecule has 1 aromatic carbocycles. The monoisotopic (exact) mass is 488 g/mol. The van der Waals surface area contributed by atoms with E-state index in [9.17, 15) is 31.1 Å². The Hall–Kier alpha value is -3.15. The van der Waals surface area contributed by atoms with Crippen LogP contribution in [0.25, 0.3) is 16.9 Å². The molecule has 0 unspecified atom stereocenters. The van der Waals surface area contributed by atoms with E-state index in [1.807, 2.05) is 11.9 Å². The van der Waals surface area contributed by atoms with Gasteiger partial charge in [-0.3, -0.25) is 4.79 Å². The second kappa shape index (κ2) is 10.00. The van der Waals surface area contributed by atoms with E-state index in [0.29, 0.717) is 35.2 Å². The van der Waals surface area contributed by atoms with Crippen LogP contribution in [-0.4, -0.2) is 59.2 Å². The minimum Gasteiger partial charge on any atom is -0.497 e. The Labute approximate surface area is 191 Å². The van der Waals surface area contributed by atoms with E-state index < -0.39 is 24.0 Å². The molecule has 0 amide bonds. The van der Waals surface area contributed by atoms with Gasteiger partial charge in [0, 0.05) is 11.6 Å². The molecule has 6 nitrogen and oxygen atoms in total. The van der Waals surface area contributed by atoms with Crippen molar-refractivity contribution in [1.82, 2.24) is 19.5 Å². The molecule has 34 heavy (non-hydrogen) atoms. The molecule has 2 aromatic heterocycles. The number of ether oxygens (including phenoxy) is 1. The number of aldehydes is 1. The number of halogens is 6. The zero-order chi connectivity index (χ0) is 25.1.